The average molecular weight is 237 g/mol. The maximum atomic E-state index is 13.7. The van der Waals surface area contributed by atoms with E-state index in [1.54, 1.807) is 6.08 Å². The minimum atomic E-state index is -0.330. The predicted octanol–water partition coefficient (Wildman–Crippen LogP) is 3.02. The summed E-state index contributed by atoms with van der Waals surface area (Å²) in [5.41, 5.74) is 1.65. The van der Waals surface area contributed by atoms with E-state index in [2.05, 4.69) is 25.7 Å². The fourth-order valence-electron chi connectivity index (χ4n) is 1.93. The number of ether oxygens (including phenoxy) is 1. The number of nitrogens with one attached hydrogen (secondary N) is 1. The Morgan fingerprint density at radius 3 is 2.76 bits per heavy atom. The number of rotatable bonds is 6. The Morgan fingerprint density at radius 2 is 2.24 bits per heavy atom. The topological polar surface area (TPSA) is 21.3 Å². The van der Waals surface area contributed by atoms with E-state index in [9.17, 15) is 4.39 Å². The lowest BCUT2D eigenvalue weighted by Gasteiger charge is -2.14. The van der Waals surface area contributed by atoms with Gasteiger partial charge in [-0.3, -0.25) is 0 Å². The monoisotopic (exact) mass is 237 g/mol. The van der Waals surface area contributed by atoms with E-state index in [-0.39, 0.29) is 11.6 Å². The van der Waals surface area contributed by atoms with Crippen molar-refractivity contribution in [3.05, 3.63) is 35.7 Å². The first kappa shape index (κ1) is 13.7. The third kappa shape index (κ3) is 3.56. The molecule has 0 saturated carbocycles. The van der Waals surface area contributed by atoms with Gasteiger partial charge in [-0.25, -0.2) is 4.39 Å². The number of likely N-dealkylation sites (N-methyl/N-ethyl adjacent to an activating group) is 1. The van der Waals surface area contributed by atoms with E-state index in [0.717, 1.165) is 18.5 Å². The SMILES string of the molecule is C=Cc1cc(CC(C)NCC)cc(F)c1OC. The van der Waals surface area contributed by atoms with Gasteiger partial charge in [0.25, 0.3) is 0 Å². The molecular weight excluding hydrogens is 217 g/mol. The highest BCUT2D eigenvalue weighted by atomic mass is 19.1. The lowest BCUT2D eigenvalue weighted by Crippen LogP contribution is -2.27. The first-order valence-corrected chi connectivity index (χ1v) is 5.84. The van der Waals surface area contributed by atoms with Gasteiger partial charge in [0.1, 0.15) is 0 Å². The zero-order valence-electron chi connectivity index (χ0n) is 10.7. The molecule has 1 atom stereocenters. The van der Waals surface area contributed by atoms with Crippen LogP contribution in [0.15, 0.2) is 18.7 Å². The van der Waals surface area contributed by atoms with Gasteiger partial charge < -0.3 is 10.1 Å². The minimum Gasteiger partial charge on any atom is -0.493 e. The van der Waals surface area contributed by atoms with Gasteiger partial charge >= 0.3 is 0 Å². The van der Waals surface area contributed by atoms with Gasteiger partial charge in [-0.1, -0.05) is 19.6 Å². The Kier molecular flexibility index (Phi) is 5.16. The second-order valence-electron chi connectivity index (χ2n) is 4.07. The third-order valence-electron chi connectivity index (χ3n) is 2.65. The lowest BCUT2D eigenvalue weighted by atomic mass is 10.0. The summed E-state index contributed by atoms with van der Waals surface area (Å²) in [5.74, 6) is -0.0662. The second kappa shape index (κ2) is 6.40. The van der Waals surface area contributed by atoms with Crippen molar-refractivity contribution in [3.8, 4) is 5.75 Å². The van der Waals surface area contributed by atoms with E-state index < -0.39 is 0 Å². The van der Waals surface area contributed by atoms with Crippen LogP contribution in [0.2, 0.25) is 0 Å². The van der Waals surface area contributed by atoms with Crippen molar-refractivity contribution in [3.63, 3.8) is 0 Å². The average Bonchev–Trinajstić information content (AvgIpc) is 2.28. The maximum absolute atomic E-state index is 13.7. The predicted molar refractivity (Wildman–Crippen MR) is 69.9 cm³/mol. The fourth-order valence-corrected chi connectivity index (χ4v) is 1.93. The van der Waals surface area contributed by atoms with Gasteiger partial charge in [0, 0.05) is 11.6 Å². The van der Waals surface area contributed by atoms with Gasteiger partial charge in [-0.05, 0) is 37.6 Å². The Hall–Kier alpha value is -1.35. The van der Waals surface area contributed by atoms with Crippen LogP contribution < -0.4 is 10.1 Å². The molecule has 1 aromatic rings. The number of hydrogen-bond donors (Lipinski definition) is 1. The maximum Gasteiger partial charge on any atom is 0.165 e. The molecule has 0 spiro atoms. The molecule has 94 valence electrons. The number of hydrogen-bond acceptors (Lipinski definition) is 2. The molecule has 1 rings (SSSR count). The molecule has 0 fully saturated rings. The fraction of sp³-hybridized carbons (Fsp3) is 0.429. The molecule has 0 aromatic heterocycles. The van der Waals surface area contributed by atoms with E-state index in [1.807, 2.05) is 6.07 Å². The number of benzene rings is 1. The molecule has 0 amide bonds. The molecule has 1 unspecified atom stereocenters. The van der Waals surface area contributed by atoms with E-state index in [4.69, 9.17) is 4.74 Å². The molecule has 2 nitrogen and oxygen atoms in total. The third-order valence-corrected chi connectivity index (χ3v) is 2.65. The summed E-state index contributed by atoms with van der Waals surface area (Å²) >= 11 is 0. The van der Waals surface area contributed by atoms with Crippen molar-refractivity contribution >= 4 is 6.08 Å². The Balaban J connectivity index is 2.95. The molecule has 0 saturated heterocycles. The normalized spacial score (nSPS) is 12.2. The van der Waals surface area contributed by atoms with E-state index >= 15 is 0 Å². The van der Waals surface area contributed by atoms with Crippen molar-refractivity contribution in [2.75, 3.05) is 13.7 Å². The smallest absolute Gasteiger partial charge is 0.165 e. The Morgan fingerprint density at radius 1 is 1.53 bits per heavy atom. The molecule has 0 radical (unpaired) electrons. The highest BCUT2D eigenvalue weighted by Gasteiger charge is 2.11. The van der Waals surface area contributed by atoms with Crippen molar-refractivity contribution in [2.24, 2.45) is 0 Å². The van der Waals surface area contributed by atoms with Crippen molar-refractivity contribution < 1.29 is 9.13 Å². The Bertz CT molecular complexity index is 390. The van der Waals surface area contributed by atoms with Gasteiger partial charge in [-0.2, -0.15) is 0 Å². The summed E-state index contributed by atoms with van der Waals surface area (Å²) in [4.78, 5) is 0. The van der Waals surface area contributed by atoms with Crippen molar-refractivity contribution in [1.29, 1.82) is 0 Å². The van der Waals surface area contributed by atoms with Gasteiger partial charge in [0.05, 0.1) is 7.11 Å². The first-order chi connectivity index (χ1) is 8.12. The highest BCUT2D eigenvalue weighted by molar-refractivity contribution is 5.57. The highest BCUT2D eigenvalue weighted by Crippen LogP contribution is 2.25. The van der Waals surface area contributed by atoms with Crippen LogP contribution in [0.1, 0.15) is 25.0 Å². The van der Waals surface area contributed by atoms with Gasteiger partial charge in [0.15, 0.2) is 11.6 Å². The molecule has 0 aliphatic heterocycles. The van der Waals surface area contributed by atoms with E-state index in [0.29, 0.717) is 11.6 Å². The van der Waals surface area contributed by atoms with Crippen LogP contribution in [0, 0.1) is 5.82 Å². The molecule has 0 heterocycles. The summed E-state index contributed by atoms with van der Waals surface area (Å²) < 4.78 is 18.8. The number of methoxy groups -OCH3 is 1. The molecule has 0 aliphatic rings. The van der Waals surface area contributed by atoms with Crippen LogP contribution in [0.3, 0.4) is 0 Å². The second-order valence-corrected chi connectivity index (χ2v) is 4.07. The lowest BCUT2D eigenvalue weighted by molar-refractivity contribution is 0.385. The molecule has 3 heteroatoms. The standard InChI is InChI=1S/C14H20FNO/c1-5-12-8-11(7-10(3)16-6-2)9-13(15)14(12)17-4/h5,8-10,16H,1,6-7H2,2-4H3. The van der Waals surface area contributed by atoms with Crippen LogP contribution in [0.4, 0.5) is 4.39 Å². The van der Waals surface area contributed by atoms with Crippen LogP contribution in [0.5, 0.6) is 5.75 Å². The molecule has 1 aromatic carbocycles. The quantitative estimate of drug-likeness (QED) is 0.821. The van der Waals surface area contributed by atoms with Gasteiger partial charge in [-0.15, -0.1) is 0 Å². The first-order valence-electron chi connectivity index (χ1n) is 5.84. The molecular formula is C14H20FNO. The number of halogens is 1. The van der Waals surface area contributed by atoms with Crippen LogP contribution in [-0.2, 0) is 6.42 Å². The van der Waals surface area contributed by atoms with Crippen LogP contribution in [0.25, 0.3) is 6.08 Å². The zero-order valence-corrected chi connectivity index (χ0v) is 10.7. The summed E-state index contributed by atoms with van der Waals surface area (Å²) in [5, 5.41) is 3.30. The van der Waals surface area contributed by atoms with Gasteiger partial charge in [0.2, 0.25) is 0 Å². The summed E-state index contributed by atoms with van der Waals surface area (Å²) in [6, 6.07) is 3.77. The summed E-state index contributed by atoms with van der Waals surface area (Å²) in [6.07, 6.45) is 2.40. The zero-order chi connectivity index (χ0) is 12.8. The summed E-state index contributed by atoms with van der Waals surface area (Å²) in [6.45, 7) is 8.72. The molecule has 1 N–H and O–H groups in total. The van der Waals surface area contributed by atoms with Crippen molar-refractivity contribution in [1.82, 2.24) is 5.32 Å². The van der Waals surface area contributed by atoms with E-state index in [1.165, 1.54) is 13.2 Å². The molecule has 17 heavy (non-hydrogen) atoms. The molecule has 0 bridgehead atoms. The van der Waals surface area contributed by atoms with Crippen LogP contribution >= 0.6 is 0 Å². The minimum absolute atomic E-state index is 0.264. The largest absolute Gasteiger partial charge is 0.493 e. The Labute approximate surface area is 102 Å². The van der Waals surface area contributed by atoms with Crippen molar-refractivity contribution in [2.45, 2.75) is 26.3 Å². The molecule has 0 aliphatic carbocycles. The summed E-state index contributed by atoms with van der Waals surface area (Å²) in [7, 11) is 1.46. The van der Waals surface area contributed by atoms with Crippen LogP contribution in [-0.4, -0.2) is 19.7 Å².